The lowest BCUT2D eigenvalue weighted by Crippen LogP contribution is -1.93. The molecule has 0 aromatic carbocycles. The lowest BCUT2D eigenvalue weighted by Gasteiger charge is -1.98. The first-order valence-electron chi connectivity index (χ1n) is 5.55. The van der Waals surface area contributed by atoms with E-state index in [2.05, 4.69) is 19.9 Å². The van der Waals surface area contributed by atoms with E-state index < -0.39 is 0 Å². The highest BCUT2D eigenvalue weighted by Crippen LogP contribution is 2.11. The predicted octanol–water partition coefficient (Wildman–Crippen LogP) is 2.89. The van der Waals surface area contributed by atoms with Crippen LogP contribution in [0.5, 0.6) is 11.9 Å². The summed E-state index contributed by atoms with van der Waals surface area (Å²) in [6.45, 7) is 3.66. The fourth-order valence-corrected chi connectivity index (χ4v) is 1.65. The molecule has 0 saturated heterocycles. The summed E-state index contributed by atoms with van der Waals surface area (Å²) >= 11 is 11.1. The highest BCUT2D eigenvalue weighted by Gasteiger charge is 1.98. The van der Waals surface area contributed by atoms with Crippen molar-refractivity contribution in [3.05, 3.63) is 34.0 Å². The maximum atomic E-state index is 5.60. The van der Waals surface area contributed by atoms with E-state index in [-0.39, 0.29) is 5.28 Å². The Morgan fingerprint density at radius 2 is 1.50 bits per heavy atom. The molecule has 0 radical (unpaired) electrons. The van der Waals surface area contributed by atoms with Gasteiger partial charge in [0.2, 0.25) is 11.2 Å². The number of hydrogen-bond acceptors (Lipinski definition) is 6. The first kappa shape index (κ1) is 16.4. The van der Waals surface area contributed by atoms with Gasteiger partial charge in [0, 0.05) is 17.5 Å². The van der Waals surface area contributed by atoms with Crippen LogP contribution in [0.15, 0.2) is 12.1 Å². The topological polar surface area (TPSA) is 70.0 Å². The van der Waals surface area contributed by atoms with Crippen molar-refractivity contribution in [2.24, 2.45) is 0 Å². The van der Waals surface area contributed by atoms with Crippen molar-refractivity contribution in [3.63, 3.8) is 0 Å². The number of rotatable bonds is 2. The Kier molecular flexibility index (Phi) is 6.41. The zero-order chi connectivity index (χ0) is 15.1. The van der Waals surface area contributed by atoms with Gasteiger partial charge in [0.1, 0.15) is 5.15 Å². The van der Waals surface area contributed by atoms with E-state index in [1.165, 1.54) is 14.2 Å². The Bertz CT molecular complexity index is 489. The van der Waals surface area contributed by atoms with Crippen LogP contribution in [0.3, 0.4) is 0 Å². The molecule has 0 aliphatic rings. The van der Waals surface area contributed by atoms with Gasteiger partial charge in [-0.15, -0.1) is 0 Å². The van der Waals surface area contributed by atoms with E-state index in [9.17, 15) is 0 Å². The van der Waals surface area contributed by atoms with Gasteiger partial charge in [-0.1, -0.05) is 11.6 Å². The second kappa shape index (κ2) is 7.81. The van der Waals surface area contributed by atoms with E-state index in [1.54, 1.807) is 12.1 Å². The molecule has 0 fully saturated rings. The minimum Gasteiger partial charge on any atom is -0.481 e. The second-order valence-corrected chi connectivity index (χ2v) is 4.36. The summed E-state index contributed by atoms with van der Waals surface area (Å²) in [6.07, 6.45) is 0. The minimum absolute atomic E-state index is 0.219. The monoisotopic (exact) mass is 316 g/mol. The van der Waals surface area contributed by atoms with Crippen molar-refractivity contribution < 1.29 is 9.47 Å². The molecule has 0 atom stereocenters. The summed E-state index contributed by atoms with van der Waals surface area (Å²) in [5, 5.41) is 0.626. The smallest absolute Gasteiger partial charge is 0.317 e. The Morgan fingerprint density at radius 1 is 0.850 bits per heavy atom. The Morgan fingerprint density at radius 3 is 2.00 bits per heavy atom. The second-order valence-electron chi connectivity index (χ2n) is 3.64. The predicted molar refractivity (Wildman–Crippen MR) is 76.7 cm³/mol. The van der Waals surface area contributed by atoms with Crippen molar-refractivity contribution in [2.75, 3.05) is 14.2 Å². The van der Waals surface area contributed by atoms with E-state index >= 15 is 0 Å². The van der Waals surface area contributed by atoms with Gasteiger partial charge in [0.25, 0.3) is 0 Å². The molecule has 2 rings (SSSR count). The average Bonchev–Trinajstić information content (AvgIpc) is 2.37. The highest BCUT2D eigenvalue weighted by molar-refractivity contribution is 6.29. The van der Waals surface area contributed by atoms with Crippen LogP contribution < -0.4 is 9.47 Å². The molecule has 0 N–H and O–H groups in total. The van der Waals surface area contributed by atoms with Crippen molar-refractivity contribution in [3.8, 4) is 11.9 Å². The molecule has 2 aromatic heterocycles. The summed E-state index contributed by atoms with van der Waals surface area (Å²) in [7, 11) is 3.04. The van der Waals surface area contributed by atoms with Crippen molar-refractivity contribution >= 4 is 23.2 Å². The van der Waals surface area contributed by atoms with Gasteiger partial charge in [-0.05, 0) is 31.5 Å². The summed E-state index contributed by atoms with van der Waals surface area (Å²) < 4.78 is 9.61. The molecular weight excluding hydrogens is 303 g/mol. The Labute approximate surface area is 127 Å². The van der Waals surface area contributed by atoms with Gasteiger partial charge in [-0.2, -0.15) is 9.97 Å². The van der Waals surface area contributed by atoms with E-state index in [1.807, 2.05) is 13.8 Å². The number of ether oxygens (including phenoxy) is 2. The maximum Gasteiger partial charge on any atom is 0.317 e. The molecule has 0 unspecified atom stereocenters. The van der Waals surface area contributed by atoms with Gasteiger partial charge in [0.05, 0.1) is 14.2 Å². The summed E-state index contributed by atoms with van der Waals surface area (Å²) in [5.74, 6) is 0.498. The van der Waals surface area contributed by atoms with Crippen molar-refractivity contribution in [1.82, 2.24) is 19.9 Å². The number of halogens is 2. The first-order chi connectivity index (χ1) is 9.44. The summed E-state index contributed by atoms with van der Waals surface area (Å²) in [5.41, 5.74) is 1.61. The molecular formula is C12H14Cl2N4O2. The van der Waals surface area contributed by atoms with Crippen molar-refractivity contribution in [1.29, 1.82) is 0 Å². The van der Waals surface area contributed by atoms with Gasteiger partial charge in [-0.25, -0.2) is 9.97 Å². The number of nitrogens with zero attached hydrogens (tertiary/aromatic N) is 4. The summed E-state index contributed by atoms with van der Waals surface area (Å²) in [6, 6.07) is 3.70. The Balaban J connectivity index is 0.000000200. The molecule has 0 bridgehead atoms. The van der Waals surface area contributed by atoms with Crippen LogP contribution in [-0.2, 0) is 0 Å². The number of hydrogen-bond donors (Lipinski definition) is 0. The normalized spacial score (nSPS) is 9.50. The molecule has 0 aliphatic carbocycles. The van der Waals surface area contributed by atoms with Gasteiger partial charge >= 0.3 is 6.01 Å². The maximum absolute atomic E-state index is 5.60. The molecule has 2 heterocycles. The lowest BCUT2D eigenvalue weighted by molar-refractivity contribution is 0.379. The average molecular weight is 317 g/mol. The molecule has 20 heavy (non-hydrogen) atoms. The van der Waals surface area contributed by atoms with E-state index in [0.29, 0.717) is 17.0 Å². The zero-order valence-corrected chi connectivity index (χ0v) is 13.0. The number of aryl methyl sites for hydroxylation is 2. The van der Waals surface area contributed by atoms with Crippen LogP contribution in [0, 0.1) is 13.8 Å². The molecule has 0 saturated carbocycles. The molecule has 2 aromatic rings. The largest absolute Gasteiger partial charge is 0.481 e. The molecule has 0 aliphatic heterocycles. The molecule has 6 nitrogen and oxygen atoms in total. The van der Waals surface area contributed by atoms with Crippen LogP contribution in [-0.4, -0.2) is 34.2 Å². The first-order valence-corrected chi connectivity index (χ1v) is 6.30. The van der Waals surface area contributed by atoms with Crippen LogP contribution >= 0.6 is 23.2 Å². The van der Waals surface area contributed by atoms with Crippen LogP contribution in [0.25, 0.3) is 0 Å². The van der Waals surface area contributed by atoms with E-state index in [4.69, 9.17) is 32.7 Å². The summed E-state index contributed by atoms with van der Waals surface area (Å²) in [4.78, 5) is 15.4. The molecule has 0 spiro atoms. The number of aromatic nitrogens is 4. The number of methoxy groups -OCH3 is 2. The third-order valence-corrected chi connectivity index (χ3v) is 2.36. The molecule has 108 valence electrons. The SMILES string of the molecule is COc1cc(C)nc(Cl)n1.COc1nc(C)cc(Cl)n1. The van der Waals surface area contributed by atoms with Crippen molar-refractivity contribution in [2.45, 2.75) is 13.8 Å². The lowest BCUT2D eigenvalue weighted by atomic mass is 10.4. The fourth-order valence-electron chi connectivity index (χ4n) is 1.20. The van der Waals surface area contributed by atoms with Crippen LogP contribution in [0.2, 0.25) is 10.4 Å². The van der Waals surface area contributed by atoms with Gasteiger partial charge in [0.15, 0.2) is 0 Å². The third-order valence-electron chi connectivity index (χ3n) is 2.00. The van der Waals surface area contributed by atoms with Crippen LogP contribution in [0.4, 0.5) is 0 Å². The third kappa shape index (κ3) is 5.54. The fraction of sp³-hybridized carbons (Fsp3) is 0.333. The molecule has 0 amide bonds. The quantitative estimate of drug-likeness (QED) is 0.626. The molecule has 8 heteroatoms. The zero-order valence-electron chi connectivity index (χ0n) is 11.5. The minimum atomic E-state index is 0.219. The highest BCUT2D eigenvalue weighted by atomic mass is 35.5. The Hall–Kier alpha value is -1.66. The van der Waals surface area contributed by atoms with Gasteiger partial charge < -0.3 is 9.47 Å². The van der Waals surface area contributed by atoms with E-state index in [0.717, 1.165) is 11.4 Å². The van der Waals surface area contributed by atoms with Gasteiger partial charge in [-0.3, -0.25) is 0 Å². The van der Waals surface area contributed by atoms with Crippen LogP contribution in [0.1, 0.15) is 11.4 Å². The standard InChI is InChI=1S/2C6H7ClN2O/c1-4-3-5(10-2)9-6(7)8-4;1-4-3-5(7)9-6(8-4)10-2/h2*3H,1-2H3.